The number of hydrogen-bond acceptors (Lipinski definition) is 4. The van der Waals surface area contributed by atoms with Crippen LogP contribution in [0.5, 0.6) is 0 Å². The third-order valence-corrected chi connectivity index (χ3v) is 3.85. The molecule has 0 aliphatic carbocycles. The number of guanidine groups is 1. The number of benzene rings is 1. The van der Waals surface area contributed by atoms with Crippen LogP contribution in [0.25, 0.3) is 0 Å². The van der Waals surface area contributed by atoms with E-state index in [0.717, 1.165) is 11.7 Å². The summed E-state index contributed by atoms with van der Waals surface area (Å²) in [6, 6.07) is 10.4. The van der Waals surface area contributed by atoms with Crippen molar-refractivity contribution in [1.82, 2.24) is 35.2 Å². The van der Waals surface area contributed by atoms with E-state index >= 15 is 0 Å². The van der Waals surface area contributed by atoms with Gasteiger partial charge in [-0.3, -0.25) is 9.67 Å². The van der Waals surface area contributed by atoms with Crippen LogP contribution in [-0.4, -0.2) is 37.6 Å². The van der Waals surface area contributed by atoms with Crippen LogP contribution in [0.15, 0.2) is 54.2 Å². The van der Waals surface area contributed by atoms with Crippen LogP contribution in [-0.2, 0) is 26.7 Å². The molecule has 8 nitrogen and oxygen atoms in total. The second kappa shape index (κ2) is 8.09. The maximum atomic E-state index is 4.26. The van der Waals surface area contributed by atoms with Gasteiger partial charge in [0, 0.05) is 26.8 Å². The molecule has 2 N–H and O–H groups in total. The quantitative estimate of drug-likeness (QED) is 0.516. The maximum absolute atomic E-state index is 4.26. The van der Waals surface area contributed by atoms with Crippen LogP contribution in [0.3, 0.4) is 0 Å². The van der Waals surface area contributed by atoms with Gasteiger partial charge in [-0.25, -0.2) is 9.67 Å². The molecule has 0 saturated carbocycles. The molecule has 0 amide bonds. The summed E-state index contributed by atoms with van der Waals surface area (Å²) in [5, 5.41) is 14.9. The van der Waals surface area contributed by atoms with Gasteiger partial charge in [0.2, 0.25) is 0 Å². The summed E-state index contributed by atoms with van der Waals surface area (Å²) in [6.45, 7) is 2.07. The summed E-state index contributed by atoms with van der Waals surface area (Å²) in [5.74, 6) is 0.753. The molecule has 2 aromatic heterocycles. The van der Waals surface area contributed by atoms with E-state index in [1.165, 1.54) is 11.1 Å². The van der Waals surface area contributed by atoms with Crippen molar-refractivity contribution in [1.29, 1.82) is 0 Å². The second-order valence-corrected chi connectivity index (χ2v) is 5.64. The summed E-state index contributed by atoms with van der Waals surface area (Å²) in [7, 11) is 3.69. The lowest BCUT2D eigenvalue weighted by molar-refractivity contribution is 0.681. The monoisotopic (exact) mass is 338 g/mol. The fraction of sp³-hybridized carbons (Fsp3) is 0.294. The van der Waals surface area contributed by atoms with E-state index in [0.29, 0.717) is 19.6 Å². The number of aryl methyl sites for hydroxylation is 1. The number of nitrogens with one attached hydrogen (secondary N) is 2. The SMILES string of the molecule is CN=C(NCc1cccc(Cn2cncn2)c1)NCc1ccnn1C. The molecule has 130 valence electrons. The Kier molecular flexibility index (Phi) is 5.40. The summed E-state index contributed by atoms with van der Waals surface area (Å²) < 4.78 is 3.65. The summed E-state index contributed by atoms with van der Waals surface area (Å²) in [6.07, 6.45) is 5.05. The fourth-order valence-electron chi connectivity index (χ4n) is 2.49. The van der Waals surface area contributed by atoms with Gasteiger partial charge < -0.3 is 10.6 Å². The van der Waals surface area contributed by atoms with Crippen LogP contribution in [0, 0.1) is 0 Å². The first-order valence-corrected chi connectivity index (χ1v) is 8.06. The van der Waals surface area contributed by atoms with Gasteiger partial charge in [0.15, 0.2) is 5.96 Å². The lowest BCUT2D eigenvalue weighted by atomic mass is 10.1. The Hall–Kier alpha value is -3.16. The Bertz CT molecular complexity index is 819. The predicted octanol–water partition coefficient (Wildman–Crippen LogP) is 0.925. The van der Waals surface area contributed by atoms with E-state index < -0.39 is 0 Å². The molecule has 3 rings (SSSR count). The van der Waals surface area contributed by atoms with Crippen molar-refractivity contribution >= 4 is 5.96 Å². The zero-order valence-corrected chi connectivity index (χ0v) is 14.4. The van der Waals surface area contributed by atoms with Crippen molar-refractivity contribution in [2.75, 3.05) is 7.05 Å². The van der Waals surface area contributed by atoms with Gasteiger partial charge in [-0.05, 0) is 17.2 Å². The number of hydrogen-bond donors (Lipinski definition) is 2. The minimum Gasteiger partial charge on any atom is -0.352 e. The van der Waals surface area contributed by atoms with Gasteiger partial charge in [-0.1, -0.05) is 24.3 Å². The maximum Gasteiger partial charge on any atom is 0.191 e. The highest BCUT2D eigenvalue weighted by Gasteiger charge is 2.03. The Labute approximate surface area is 146 Å². The third-order valence-electron chi connectivity index (χ3n) is 3.85. The molecule has 0 radical (unpaired) electrons. The minimum atomic E-state index is 0.669. The summed E-state index contributed by atoms with van der Waals surface area (Å²) in [5.41, 5.74) is 3.46. The topological polar surface area (TPSA) is 84.9 Å². The molecule has 0 atom stereocenters. The molecular weight excluding hydrogens is 316 g/mol. The van der Waals surface area contributed by atoms with Gasteiger partial charge in [-0.15, -0.1) is 0 Å². The molecule has 8 heteroatoms. The highest BCUT2D eigenvalue weighted by molar-refractivity contribution is 5.79. The van der Waals surface area contributed by atoms with Gasteiger partial charge in [0.1, 0.15) is 12.7 Å². The van der Waals surface area contributed by atoms with E-state index in [4.69, 9.17) is 0 Å². The van der Waals surface area contributed by atoms with Gasteiger partial charge in [0.05, 0.1) is 18.8 Å². The molecule has 0 unspecified atom stereocenters. The Morgan fingerprint density at radius 3 is 2.68 bits per heavy atom. The van der Waals surface area contributed by atoms with Crippen molar-refractivity contribution in [2.45, 2.75) is 19.6 Å². The Morgan fingerprint density at radius 2 is 1.96 bits per heavy atom. The molecule has 0 aliphatic heterocycles. The lowest BCUT2D eigenvalue weighted by Crippen LogP contribution is -2.36. The molecule has 0 bridgehead atoms. The van der Waals surface area contributed by atoms with Gasteiger partial charge in [0.25, 0.3) is 0 Å². The number of rotatable bonds is 6. The van der Waals surface area contributed by atoms with E-state index in [-0.39, 0.29) is 0 Å². The number of nitrogens with zero attached hydrogens (tertiary/aromatic N) is 6. The number of aromatic nitrogens is 5. The highest BCUT2D eigenvalue weighted by Crippen LogP contribution is 2.06. The predicted molar refractivity (Wildman–Crippen MR) is 95.8 cm³/mol. The molecule has 2 heterocycles. The normalized spacial score (nSPS) is 11.5. The van der Waals surface area contributed by atoms with Crippen molar-refractivity contribution in [3.05, 3.63) is 66.0 Å². The van der Waals surface area contributed by atoms with E-state index in [2.05, 4.69) is 55.1 Å². The lowest BCUT2D eigenvalue weighted by Gasteiger charge is -2.12. The molecule has 1 aromatic carbocycles. The zero-order valence-electron chi connectivity index (χ0n) is 14.4. The van der Waals surface area contributed by atoms with E-state index in [9.17, 15) is 0 Å². The smallest absolute Gasteiger partial charge is 0.191 e. The van der Waals surface area contributed by atoms with Crippen LogP contribution < -0.4 is 10.6 Å². The van der Waals surface area contributed by atoms with Crippen molar-refractivity contribution in [2.24, 2.45) is 12.0 Å². The van der Waals surface area contributed by atoms with Crippen LogP contribution in [0.1, 0.15) is 16.8 Å². The minimum absolute atomic E-state index is 0.669. The Morgan fingerprint density at radius 1 is 1.12 bits per heavy atom. The van der Waals surface area contributed by atoms with Gasteiger partial charge in [-0.2, -0.15) is 10.2 Å². The molecule has 0 aliphatic rings. The third kappa shape index (κ3) is 4.66. The molecule has 25 heavy (non-hydrogen) atoms. The van der Waals surface area contributed by atoms with Crippen molar-refractivity contribution < 1.29 is 0 Å². The first kappa shape index (κ1) is 16.7. The molecular formula is C17H22N8. The zero-order chi connectivity index (χ0) is 17.5. The molecule has 0 saturated heterocycles. The van der Waals surface area contributed by atoms with E-state index in [1.54, 1.807) is 30.6 Å². The van der Waals surface area contributed by atoms with Gasteiger partial charge >= 0.3 is 0 Å². The average Bonchev–Trinajstić information content (AvgIpc) is 3.27. The average molecular weight is 338 g/mol. The Balaban J connectivity index is 1.54. The first-order chi connectivity index (χ1) is 12.2. The summed E-state index contributed by atoms with van der Waals surface area (Å²) in [4.78, 5) is 8.23. The summed E-state index contributed by atoms with van der Waals surface area (Å²) >= 11 is 0. The highest BCUT2D eigenvalue weighted by atomic mass is 15.3. The molecule has 0 fully saturated rings. The van der Waals surface area contributed by atoms with Crippen LogP contribution in [0.4, 0.5) is 0 Å². The first-order valence-electron chi connectivity index (χ1n) is 8.06. The largest absolute Gasteiger partial charge is 0.352 e. The van der Waals surface area contributed by atoms with Crippen LogP contribution in [0.2, 0.25) is 0 Å². The van der Waals surface area contributed by atoms with E-state index in [1.807, 2.05) is 17.8 Å². The molecule has 0 spiro atoms. The standard InChI is InChI=1S/C17H22N8/c1-18-17(21-10-16-6-7-22-24(16)2)20-9-14-4-3-5-15(8-14)11-25-13-19-12-23-25/h3-8,12-13H,9-11H2,1-2H3,(H2,18,20,21). The van der Waals surface area contributed by atoms with Crippen molar-refractivity contribution in [3.8, 4) is 0 Å². The van der Waals surface area contributed by atoms with Crippen molar-refractivity contribution in [3.63, 3.8) is 0 Å². The van der Waals surface area contributed by atoms with Crippen LogP contribution >= 0.6 is 0 Å². The fourth-order valence-corrected chi connectivity index (χ4v) is 2.49. The number of aliphatic imine (C=N–C) groups is 1. The second-order valence-electron chi connectivity index (χ2n) is 5.64. The molecule has 3 aromatic rings.